The quantitative estimate of drug-likeness (QED) is 0.766. The maximum absolute atomic E-state index is 12.0. The van der Waals surface area contributed by atoms with E-state index in [4.69, 9.17) is 5.11 Å². The molecule has 1 heterocycles. The van der Waals surface area contributed by atoms with E-state index in [0.29, 0.717) is 13.0 Å². The molecule has 0 bridgehead atoms. The van der Waals surface area contributed by atoms with Crippen molar-refractivity contribution in [2.24, 2.45) is 0 Å². The van der Waals surface area contributed by atoms with Crippen LogP contribution in [-0.2, 0) is 0 Å². The zero-order valence-corrected chi connectivity index (χ0v) is 9.61. The molecular formula is C11H22N2O2. The van der Waals surface area contributed by atoms with Crippen LogP contribution in [0.4, 0.5) is 4.79 Å². The molecule has 0 radical (unpaired) electrons. The second kappa shape index (κ2) is 6.67. The first-order valence-corrected chi connectivity index (χ1v) is 5.94. The van der Waals surface area contributed by atoms with Crippen molar-refractivity contribution in [1.29, 1.82) is 0 Å². The minimum absolute atomic E-state index is 0.144. The van der Waals surface area contributed by atoms with Gasteiger partial charge in [0.15, 0.2) is 0 Å². The van der Waals surface area contributed by atoms with Crippen LogP contribution in [0.25, 0.3) is 0 Å². The van der Waals surface area contributed by atoms with Gasteiger partial charge in [-0.25, -0.2) is 4.79 Å². The number of aliphatic hydroxyl groups excluding tert-OH is 1. The summed E-state index contributed by atoms with van der Waals surface area (Å²) in [5, 5.41) is 8.75. The number of likely N-dealkylation sites (tertiary alicyclic amines) is 1. The predicted octanol–water partition coefficient (Wildman–Crippen LogP) is 1.30. The monoisotopic (exact) mass is 214 g/mol. The first-order valence-electron chi connectivity index (χ1n) is 5.94. The average Bonchev–Trinajstić information content (AvgIpc) is 2.31. The van der Waals surface area contributed by atoms with Crippen molar-refractivity contribution in [1.82, 2.24) is 9.80 Å². The Morgan fingerprint density at radius 3 is 2.53 bits per heavy atom. The molecule has 0 spiro atoms. The summed E-state index contributed by atoms with van der Waals surface area (Å²) in [4.78, 5) is 15.8. The van der Waals surface area contributed by atoms with Gasteiger partial charge in [0.25, 0.3) is 0 Å². The van der Waals surface area contributed by atoms with Crippen molar-refractivity contribution >= 4 is 6.03 Å². The SMILES string of the molecule is CCN(CCCO)C(=O)N1CCCCC1. The Balaban J connectivity index is 2.40. The van der Waals surface area contributed by atoms with Gasteiger partial charge in [-0.15, -0.1) is 0 Å². The highest BCUT2D eigenvalue weighted by Gasteiger charge is 2.20. The van der Waals surface area contributed by atoms with Crippen LogP contribution in [0.15, 0.2) is 0 Å². The summed E-state index contributed by atoms with van der Waals surface area (Å²) in [5.74, 6) is 0. The minimum atomic E-state index is 0.144. The van der Waals surface area contributed by atoms with E-state index in [1.165, 1.54) is 6.42 Å². The molecule has 1 N–H and O–H groups in total. The lowest BCUT2D eigenvalue weighted by Gasteiger charge is -2.32. The van der Waals surface area contributed by atoms with Crippen LogP contribution in [0.5, 0.6) is 0 Å². The molecule has 1 saturated heterocycles. The maximum atomic E-state index is 12.0. The average molecular weight is 214 g/mol. The summed E-state index contributed by atoms with van der Waals surface area (Å²) < 4.78 is 0. The second-order valence-electron chi connectivity index (χ2n) is 3.99. The second-order valence-corrected chi connectivity index (χ2v) is 3.99. The molecule has 2 amide bonds. The largest absolute Gasteiger partial charge is 0.396 e. The van der Waals surface area contributed by atoms with E-state index < -0.39 is 0 Å². The van der Waals surface area contributed by atoms with Crippen molar-refractivity contribution in [3.05, 3.63) is 0 Å². The number of carbonyl (C=O) groups is 1. The zero-order valence-electron chi connectivity index (χ0n) is 9.61. The Kier molecular flexibility index (Phi) is 5.47. The molecule has 0 unspecified atom stereocenters. The molecule has 4 nitrogen and oxygen atoms in total. The third-order valence-corrected chi connectivity index (χ3v) is 2.86. The molecule has 0 atom stereocenters. The summed E-state index contributed by atoms with van der Waals surface area (Å²) in [5.41, 5.74) is 0. The Hall–Kier alpha value is -0.770. The van der Waals surface area contributed by atoms with Crippen LogP contribution >= 0.6 is 0 Å². The van der Waals surface area contributed by atoms with Crippen molar-refractivity contribution in [2.75, 3.05) is 32.8 Å². The normalized spacial score (nSPS) is 16.5. The first-order chi connectivity index (χ1) is 7.29. The predicted molar refractivity (Wildman–Crippen MR) is 59.8 cm³/mol. The molecule has 0 aromatic heterocycles. The molecule has 4 heteroatoms. The van der Waals surface area contributed by atoms with Gasteiger partial charge in [0.2, 0.25) is 0 Å². The number of nitrogens with zero attached hydrogens (tertiary/aromatic N) is 2. The third-order valence-electron chi connectivity index (χ3n) is 2.86. The highest BCUT2D eigenvalue weighted by Crippen LogP contribution is 2.11. The van der Waals surface area contributed by atoms with Gasteiger partial charge >= 0.3 is 6.03 Å². The van der Waals surface area contributed by atoms with Gasteiger partial charge in [0, 0.05) is 32.8 Å². The molecule has 1 aliphatic rings. The molecule has 0 aromatic rings. The van der Waals surface area contributed by atoms with Crippen LogP contribution in [0.2, 0.25) is 0 Å². The highest BCUT2D eigenvalue weighted by atomic mass is 16.3. The topological polar surface area (TPSA) is 43.8 Å². The van der Waals surface area contributed by atoms with Gasteiger partial charge in [0.1, 0.15) is 0 Å². The maximum Gasteiger partial charge on any atom is 0.319 e. The summed E-state index contributed by atoms with van der Waals surface area (Å²) in [6, 6.07) is 0.144. The Labute approximate surface area is 91.9 Å². The third kappa shape index (κ3) is 3.70. The Morgan fingerprint density at radius 2 is 2.00 bits per heavy atom. The fraction of sp³-hybridized carbons (Fsp3) is 0.909. The van der Waals surface area contributed by atoms with Gasteiger partial charge in [-0.3, -0.25) is 0 Å². The van der Waals surface area contributed by atoms with Crippen molar-refractivity contribution < 1.29 is 9.90 Å². The summed E-state index contributed by atoms with van der Waals surface area (Å²) >= 11 is 0. The van der Waals surface area contributed by atoms with E-state index in [0.717, 1.165) is 32.5 Å². The Bertz CT molecular complexity index is 191. The van der Waals surface area contributed by atoms with Crippen molar-refractivity contribution in [3.8, 4) is 0 Å². The standard InChI is InChI=1S/C11H22N2O2/c1-2-12(9-6-10-14)11(15)13-7-4-3-5-8-13/h14H,2-10H2,1H3. The van der Waals surface area contributed by atoms with Crippen LogP contribution in [0.3, 0.4) is 0 Å². The lowest BCUT2D eigenvalue weighted by atomic mass is 10.1. The number of piperidine rings is 1. The van der Waals surface area contributed by atoms with E-state index in [2.05, 4.69) is 0 Å². The van der Waals surface area contributed by atoms with E-state index in [1.807, 2.05) is 16.7 Å². The molecule has 0 aromatic carbocycles. The van der Waals surface area contributed by atoms with Gasteiger partial charge in [-0.05, 0) is 32.6 Å². The van der Waals surface area contributed by atoms with E-state index in [-0.39, 0.29) is 12.6 Å². The van der Waals surface area contributed by atoms with E-state index >= 15 is 0 Å². The number of carbonyl (C=O) groups excluding carboxylic acids is 1. The van der Waals surface area contributed by atoms with Crippen molar-refractivity contribution in [3.63, 3.8) is 0 Å². The summed E-state index contributed by atoms with van der Waals surface area (Å²) in [6.07, 6.45) is 4.17. The van der Waals surface area contributed by atoms with Gasteiger partial charge in [-0.1, -0.05) is 0 Å². The minimum Gasteiger partial charge on any atom is -0.396 e. The smallest absolute Gasteiger partial charge is 0.319 e. The summed E-state index contributed by atoms with van der Waals surface area (Å²) in [7, 11) is 0. The molecule has 1 rings (SSSR count). The molecule has 1 aliphatic heterocycles. The van der Waals surface area contributed by atoms with Gasteiger partial charge in [0.05, 0.1) is 0 Å². The Morgan fingerprint density at radius 1 is 1.33 bits per heavy atom. The fourth-order valence-electron chi connectivity index (χ4n) is 1.94. The van der Waals surface area contributed by atoms with Crippen LogP contribution in [0.1, 0.15) is 32.6 Å². The van der Waals surface area contributed by atoms with Crippen LogP contribution in [-0.4, -0.2) is 53.7 Å². The lowest BCUT2D eigenvalue weighted by molar-refractivity contribution is 0.141. The number of hydrogen-bond donors (Lipinski definition) is 1. The number of rotatable bonds is 4. The molecule has 88 valence electrons. The van der Waals surface area contributed by atoms with Crippen LogP contribution < -0.4 is 0 Å². The molecule has 0 saturated carbocycles. The molecule has 0 aliphatic carbocycles. The number of amides is 2. The van der Waals surface area contributed by atoms with Gasteiger partial charge < -0.3 is 14.9 Å². The van der Waals surface area contributed by atoms with Gasteiger partial charge in [-0.2, -0.15) is 0 Å². The highest BCUT2D eigenvalue weighted by molar-refractivity contribution is 5.74. The van der Waals surface area contributed by atoms with E-state index in [9.17, 15) is 4.79 Å². The molecular weight excluding hydrogens is 192 g/mol. The fourth-order valence-corrected chi connectivity index (χ4v) is 1.94. The number of aliphatic hydroxyl groups is 1. The van der Waals surface area contributed by atoms with Crippen LogP contribution in [0, 0.1) is 0 Å². The molecule has 15 heavy (non-hydrogen) atoms. The van der Waals surface area contributed by atoms with Crippen molar-refractivity contribution in [2.45, 2.75) is 32.6 Å². The molecule has 1 fully saturated rings. The lowest BCUT2D eigenvalue weighted by Crippen LogP contribution is -2.45. The zero-order chi connectivity index (χ0) is 11.1. The number of urea groups is 1. The van der Waals surface area contributed by atoms with E-state index in [1.54, 1.807) is 0 Å². The first kappa shape index (κ1) is 12.3. The summed E-state index contributed by atoms with van der Waals surface area (Å²) in [6.45, 7) is 5.34. The number of hydrogen-bond acceptors (Lipinski definition) is 2.